The molecule has 0 N–H and O–H groups in total. The standard InChI is InChI=1S/C9H13N3S/c1-8(3-10)4-12(2)5-9-6-13-7-11-9/h6-8H,4-5H2,1-2H3. The van der Waals surface area contributed by atoms with Gasteiger partial charge in [-0.3, -0.25) is 4.90 Å². The van der Waals surface area contributed by atoms with E-state index in [1.807, 2.05) is 24.9 Å². The molecule has 0 spiro atoms. The number of hydrogen-bond acceptors (Lipinski definition) is 4. The summed E-state index contributed by atoms with van der Waals surface area (Å²) in [5.74, 6) is 0.0867. The fraction of sp³-hybridized carbons (Fsp3) is 0.556. The smallest absolute Gasteiger partial charge is 0.0795 e. The average Bonchev–Trinajstić information content (AvgIpc) is 2.56. The van der Waals surface area contributed by atoms with Gasteiger partial charge in [0.1, 0.15) is 0 Å². The van der Waals surface area contributed by atoms with Crippen molar-refractivity contribution in [1.82, 2.24) is 9.88 Å². The monoisotopic (exact) mass is 195 g/mol. The van der Waals surface area contributed by atoms with E-state index in [2.05, 4.69) is 16.0 Å². The quantitative estimate of drug-likeness (QED) is 0.734. The SMILES string of the molecule is CC(C#N)CN(C)Cc1cscn1. The van der Waals surface area contributed by atoms with Crippen LogP contribution in [0.2, 0.25) is 0 Å². The Balaban J connectivity index is 2.34. The van der Waals surface area contributed by atoms with E-state index in [-0.39, 0.29) is 5.92 Å². The summed E-state index contributed by atoms with van der Waals surface area (Å²) in [4.78, 5) is 6.30. The van der Waals surface area contributed by atoms with Gasteiger partial charge in [-0.1, -0.05) is 0 Å². The minimum absolute atomic E-state index is 0.0867. The van der Waals surface area contributed by atoms with Crippen molar-refractivity contribution in [2.24, 2.45) is 5.92 Å². The van der Waals surface area contributed by atoms with Gasteiger partial charge >= 0.3 is 0 Å². The highest BCUT2D eigenvalue weighted by molar-refractivity contribution is 7.07. The molecule has 1 rings (SSSR count). The zero-order valence-corrected chi connectivity index (χ0v) is 8.71. The van der Waals surface area contributed by atoms with Crippen LogP contribution in [-0.4, -0.2) is 23.5 Å². The maximum absolute atomic E-state index is 8.62. The van der Waals surface area contributed by atoms with Gasteiger partial charge in [0.05, 0.1) is 23.2 Å². The van der Waals surface area contributed by atoms with E-state index >= 15 is 0 Å². The third-order valence-corrected chi connectivity index (χ3v) is 2.36. The average molecular weight is 195 g/mol. The fourth-order valence-electron chi connectivity index (χ4n) is 1.17. The molecular weight excluding hydrogens is 182 g/mol. The molecule has 0 bridgehead atoms. The maximum Gasteiger partial charge on any atom is 0.0795 e. The lowest BCUT2D eigenvalue weighted by Gasteiger charge is -2.15. The molecule has 70 valence electrons. The van der Waals surface area contributed by atoms with Crippen molar-refractivity contribution in [2.75, 3.05) is 13.6 Å². The highest BCUT2D eigenvalue weighted by Gasteiger charge is 2.06. The molecule has 1 atom stereocenters. The van der Waals surface area contributed by atoms with Gasteiger partial charge in [-0.25, -0.2) is 4.98 Å². The van der Waals surface area contributed by atoms with E-state index in [0.717, 1.165) is 18.8 Å². The Morgan fingerprint density at radius 1 is 1.77 bits per heavy atom. The summed E-state index contributed by atoms with van der Waals surface area (Å²) in [5.41, 5.74) is 2.91. The molecule has 1 aromatic rings. The fourth-order valence-corrected chi connectivity index (χ4v) is 1.71. The van der Waals surface area contributed by atoms with Crippen molar-refractivity contribution in [2.45, 2.75) is 13.5 Å². The number of nitrogens with zero attached hydrogens (tertiary/aromatic N) is 3. The van der Waals surface area contributed by atoms with E-state index in [9.17, 15) is 0 Å². The van der Waals surface area contributed by atoms with Gasteiger partial charge in [-0.2, -0.15) is 5.26 Å². The van der Waals surface area contributed by atoms with Crippen molar-refractivity contribution in [1.29, 1.82) is 5.26 Å². The molecule has 0 fully saturated rings. The van der Waals surface area contributed by atoms with Gasteiger partial charge < -0.3 is 0 Å². The second-order valence-corrected chi connectivity index (χ2v) is 3.93. The summed E-state index contributed by atoms with van der Waals surface area (Å²) in [6.45, 7) is 3.56. The molecule has 0 saturated heterocycles. The molecule has 0 aromatic carbocycles. The molecule has 13 heavy (non-hydrogen) atoms. The van der Waals surface area contributed by atoms with Crippen LogP contribution in [0.25, 0.3) is 0 Å². The van der Waals surface area contributed by atoms with Crippen LogP contribution in [-0.2, 0) is 6.54 Å². The van der Waals surface area contributed by atoms with Crippen LogP contribution in [0.4, 0.5) is 0 Å². The van der Waals surface area contributed by atoms with E-state index < -0.39 is 0 Å². The molecule has 0 saturated carbocycles. The molecule has 1 aromatic heterocycles. The van der Waals surface area contributed by atoms with E-state index in [0.29, 0.717) is 0 Å². The molecular formula is C9H13N3S. The second-order valence-electron chi connectivity index (χ2n) is 3.21. The first-order valence-electron chi connectivity index (χ1n) is 4.17. The summed E-state index contributed by atoms with van der Waals surface area (Å²) in [7, 11) is 2.01. The van der Waals surface area contributed by atoms with E-state index in [4.69, 9.17) is 5.26 Å². The van der Waals surface area contributed by atoms with E-state index in [1.165, 1.54) is 0 Å². The van der Waals surface area contributed by atoms with Gasteiger partial charge in [-0.05, 0) is 14.0 Å². The Morgan fingerprint density at radius 3 is 3.08 bits per heavy atom. The Kier molecular flexibility index (Phi) is 3.87. The van der Waals surface area contributed by atoms with Crippen LogP contribution in [0, 0.1) is 17.2 Å². The minimum atomic E-state index is 0.0867. The van der Waals surface area contributed by atoms with Crippen molar-refractivity contribution < 1.29 is 0 Å². The Morgan fingerprint density at radius 2 is 2.54 bits per heavy atom. The Hall–Kier alpha value is -0.920. The predicted molar refractivity (Wildman–Crippen MR) is 53.2 cm³/mol. The number of thiazole rings is 1. The van der Waals surface area contributed by atoms with Crippen molar-refractivity contribution >= 4 is 11.3 Å². The number of hydrogen-bond donors (Lipinski definition) is 0. The summed E-state index contributed by atoms with van der Waals surface area (Å²) in [6, 6.07) is 2.22. The lowest BCUT2D eigenvalue weighted by molar-refractivity contribution is 0.300. The number of nitriles is 1. The largest absolute Gasteiger partial charge is 0.299 e. The highest BCUT2D eigenvalue weighted by Crippen LogP contribution is 2.05. The molecule has 0 radical (unpaired) electrons. The molecule has 0 aliphatic carbocycles. The first-order chi connectivity index (χ1) is 6.22. The zero-order chi connectivity index (χ0) is 9.68. The first-order valence-corrected chi connectivity index (χ1v) is 5.12. The first kappa shape index (κ1) is 10.2. The van der Waals surface area contributed by atoms with Gasteiger partial charge in [-0.15, -0.1) is 11.3 Å². The summed E-state index contributed by atoms with van der Waals surface area (Å²) in [5, 5.41) is 10.7. The van der Waals surface area contributed by atoms with Gasteiger partial charge in [0.2, 0.25) is 0 Å². The molecule has 1 heterocycles. The highest BCUT2D eigenvalue weighted by atomic mass is 32.1. The molecule has 1 unspecified atom stereocenters. The lowest BCUT2D eigenvalue weighted by Crippen LogP contribution is -2.23. The maximum atomic E-state index is 8.62. The topological polar surface area (TPSA) is 39.9 Å². The van der Waals surface area contributed by atoms with Gasteiger partial charge in [0.25, 0.3) is 0 Å². The molecule has 4 heteroatoms. The summed E-state index contributed by atoms with van der Waals surface area (Å²) >= 11 is 1.60. The molecule has 3 nitrogen and oxygen atoms in total. The molecule has 0 aliphatic rings. The lowest BCUT2D eigenvalue weighted by atomic mass is 10.2. The van der Waals surface area contributed by atoms with Crippen LogP contribution >= 0.6 is 11.3 Å². The normalized spacial score (nSPS) is 12.8. The molecule has 0 aliphatic heterocycles. The van der Waals surface area contributed by atoms with Crippen LogP contribution < -0.4 is 0 Å². The number of rotatable bonds is 4. The number of aromatic nitrogens is 1. The summed E-state index contributed by atoms with van der Waals surface area (Å²) < 4.78 is 0. The van der Waals surface area contributed by atoms with Crippen LogP contribution in [0.1, 0.15) is 12.6 Å². The third-order valence-electron chi connectivity index (χ3n) is 1.72. The van der Waals surface area contributed by atoms with Gasteiger partial charge in [0, 0.05) is 18.5 Å². The third kappa shape index (κ3) is 3.53. The van der Waals surface area contributed by atoms with Crippen LogP contribution in [0.3, 0.4) is 0 Å². The van der Waals surface area contributed by atoms with E-state index in [1.54, 1.807) is 11.3 Å². The van der Waals surface area contributed by atoms with Gasteiger partial charge in [0.15, 0.2) is 0 Å². The van der Waals surface area contributed by atoms with Crippen molar-refractivity contribution in [3.05, 3.63) is 16.6 Å². The zero-order valence-electron chi connectivity index (χ0n) is 7.90. The molecule has 0 amide bonds. The van der Waals surface area contributed by atoms with Crippen LogP contribution in [0.15, 0.2) is 10.9 Å². The Labute approximate surface area is 82.6 Å². The Bertz CT molecular complexity index is 276. The second kappa shape index (κ2) is 4.95. The van der Waals surface area contributed by atoms with Crippen molar-refractivity contribution in [3.8, 4) is 6.07 Å². The predicted octanol–water partition coefficient (Wildman–Crippen LogP) is 1.73. The van der Waals surface area contributed by atoms with Crippen molar-refractivity contribution in [3.63, 3.8) is 0 Å². The summed E-state index contributed by atoms with van der Waals surface area (Å²) in [6.07, 6.45) is 0. The van der Waals surface area contributed by atoms with Crippen LogP contribution in [0.5, 0.6) is 0 Å². The minimum Gasteiger partial charge on any atom is -0.299 e.